The van der Waals surface area contributed by atoms with Crippen molar-refractivity contribution in [3.8, 4) is 11.5 Å². The molecular formula is C23H27N3O5S. The van der Waals surface area contributed by atoms with Crippen LogP contribution in [0.15, 0.2) is 45.7 Å². The lowest BCUT2D eigenvalue weighted by atomic mass is 10.1. The standard InChI is InChI=1S/C23H27N3O5S/c1-15(18-14-17(30-2)9-11-20(18)31-3)24-23(27)16-8-10-19-21(13-16)32(28,29)25-22-7-5-4-6-12-26(19)22/h8-11,13-15H,4-7,12H2,1-3H3,(H,24,27)/t15-/m0/s1. The van der Waals surface area contributed by atoms with E-state index in [1.54, 1.807) is 44.6 Å². The van der Waals surface area contributed by atoms with E-state index >= 15 is 0 Å². The van der Waals surface area contributed by atoms with Gasteiger partial charge in [-0.2, -0.15) is 8.42 Å². The summed E-state index contributed by atoms with van der Waals surface area (Å²) >= 11 is 0. The van der Waals surface area contributed by atoms with Gasteiger partial charge in [0.15, 0.2) is 0 Å². The molecule has 9 heteroatoms. The number of rotatable bonds is 5. The van der Waals surface area contributed by atoms with Gasteiger partial charge < -0.3 is 19.7 Å². The third kappa shape index (κ3) is 4.17. The van der Waals surface area contributed by atoms with Crippen LogP contribution < -0.4 is 19.7 Å². The van der Waals surface area contributed by atoms with Crippen LogP contribution in [-0.4, -0.2) is 40.9 Å². The quantitative estimate of drug-likeness (QED) is 0.736. The van der Waals surface area contributed by atoms with E-state index in [0.29, 0.717) is 29.4 Å². The summed E-state index contributed by atoms with van der Waals surface area (Å²) in [5, 5.41) is 2.92. The van der Waals surface area contributed by atoms with E-state index in [1.165, 1.54) is 6.07 Å². The second kappa shape index (κ2) is 8.82. The van der Waals surface area contributed by atoms with Gasteiger partial charge in [-0.25, -0.2) is 0 Å². The minimum atomic E-state index is -3.86. The molecule has 8 nitrogen and oxygen atoms in total. The van der Waals surface area contributed by atoms with Crippen LogP contribution in [0, 0.1) is 0 Å². The Morgan fingerprint density at radius 2 is 1.91 bits per heavy atom. The van der Waals surface area contributed by atoms with Crippen molar-refractivity contribution in [2.45, 2.75) is 43.5 Å². The largest absolute Gasteiger partial charge is 0.497 e. The van der Waals surface area contributed by atoms with E-state index in [4.69, 9.17) is 9.47 Å². The van der Waals surface area contributed by atoms with E-state index in [0.717, 1.165) is 31.4 Å². The molecule has 2 heterocycles. The highest BCUT2D eigenvalue weighted by Crippen LogP contribution is 2.35. The van der Waals surface area contributed by atoms with Gasteiger partial charge in [-0.05, 0) is 56.2 Å². The lowest BCUT2D eigenvalue weighted by Gasteiger charge is -2.29. The summed E-state index contributed by atoms with van der Waals surface area (Å²) in [7, 11) is -0.724. The maximum absolute atomic E-state index is 13.0. The van der Waals surface area contributed by atoms with Crippen LogP contribution in [0.4, 0.5) is 5.69 Å². The van der Waals surface area contributed by atoms with Crippen molar-refractivity contribution in [1.29, 1.82) is 0 Å². The Bertz CT molecular complexity index is 1180. The van der Waals surface area contributed by atoms with Crippen LogP contribution in [-0.2, 0) is 10.0 Å². The molecule has 0 aliphatic carbocycles. The van der Waals surface area contributed by atoms with Gasteiger partial charge in [0, 0.05) is 24.1 Å². The molecule has 2 aromatic carbocycles. The summed E-state index contributed by atoms with van der Waals surface area (Å²) < 4.78 is 40.4. The Morgan fingerprint density at radius 3 is 2.66 bits per heavy atom. The van der Waals surface area contributed by atoms with E-state index in [9.17, 15) is 13.2 Å². The fourth-order valence-corrected chi connectivity index (χ4v) is 5.44. The van der Waals surface area contributed by atoms with Gasteiger partial charge in [0.05, 0.1) is 25.9 Å². The molecule has 32 heavy (non-hydrogen) atoms. The number of hydrogen-bond acceptors (Lipinski definition) is 6. The van der Waals surface area contributed by atoms with Crippen LogP contribution >= 0.6 is 0 Å². The van der Waals surface area contributed by atoms with E-state index in [2.05, 4.69) is 9.71 Å². The zero-order valence-corrected chi connectivity index (χ0v) is 19.2. The molecule has 2 aliphatic heterocycles. The summed E-state index contributed by atoms with van der Waals surface area (Å²) in [6.45, 7) is 2.55. The molecular weight excluding hydrogens is 430 g/mol. The molecule has 0 spiro atoms. The van der Waals surface area contributed by atoms with Crippen molar-refractivity contribution in [1.82, 2.24) is 5.32 Å². The number of anilines is 1. The van der Waals surface area contributed by atoms with Gasteiger partial charge in [0.25, 0.3) is 15.9 Å². The highest BCUT2D eigenvalue weighted by Gasteiger charge is 2.32. The maximum Gasteiger partial charge on any atom is 0.286 e. The third-order valence-electron chi connectivity index (χ3n) is 5.86. The number of carbonyl (C=O) groups excluding carboxylic acids is 1. The summed E-state index contributed by atoms with van der Waals surface area (Å²) in [6, 6.07) is 9.75. The first-order valence-electron chi connectivity index (χ1n) is 10.6. The zero-order valence-electron chi connectivity index (χ0n) is 18.4. The molecule has 0 radical (unpaired) electrons. The molecule has 2 aromatic rings. The highest BCUT2D eigenvalue weighted by molar-refractivity contribution is 7.90. The van der Waals surface area contributed by atoms with Gasteiger partial charge >= 0.3 is 0 Å². The first-order valence-corrected chi connectivity index (χ1v) is 12.1. The normalized spacial score (nSPS) is 17.8. The number of amidine groups is 1. The number of ether oxygens (including phenoxy) is 2. The van der Waals surface area contributed by atoms with E-state index in [-0.39, 0.29) is 16.4 Å². The van der Waals surface area contributed by atoms with Crippen LogP contribution in [0.1, 0.15) is 54.6 Å². The summed E-state index contributed by atoms with van der Waals surface area (Å²) in [5.74, 6) is 1.47. The lowest BCUT2D eigenvalue weighted by Crippen LogP contribution is -2.35. The summed E-state index contributed by atoms with van der Waals surface area (Å²) in [6.07, 6.45) is 3.57. The van der Waals surface area contributed by atoms with Crippen molar-refractivity contribution in [2.75, 3.05) is 25.7 Å². The molecule has 1 N–H and O–H groups in total. The Morgan fingerprint density at radius 1 is 1.09 bits per heavy atom. The molecule has 2 aliphatic rings. The summed E-state index contributed by atoms with van der Waals surface area (Å²) in [5.41, 5.74) is 1.61. The van der Waals surface area contributed by atoms with Crippen molar-refractivity contribution in [2.24, 2.45) is 4.40 Å². The van der Waals surface area contributed by atoms with Crippen LogP contribution in [0.3, 0.4) is 0 Å². The fourth-order valence-electron chi connectivity index (χ4n) is 4.16. The molecule has 1 atom stereocenters. The summed E-state index contributed by atoms with van der Waals surface area (Å²) in [4.78, 5) is 15.0. The van der Waals surface area contributed by atoms with Gasteiger partial charge in [0.2, 0.25) is 0 Å². The highest BCUT2D eigenvalue weighted by atomic mass is 32.2. The van der Waals surface area contributed by atoms with Crippen LogP contribution in [0.2, 0.25) is 0 Å². The Kier molecular flexibility index (Phi) is 6.10. The van der Waals surface area contributed by atoms with Crippen LogP contribution in [0.5, 0.6) is 11.5 Å². The molecule has 0 bridgehead atoms. The SMILES string of the molecule is COc1ccc(OC)c([C@H](C)NC(=O)c2ccc3c(c2)S(=O)(=O)N=C2CCCCCN23)c1. The molecule has 0 aromatic heterocycles. The van der Waals surface area contributed by atoms with E-state index < -0.39 is 16.1 Å². The van der Waals surface area contributed by atoms with Crippen molar-refractivity contribution >= 4 is 27.5 Å². The average molecular weight is 458 g/mol. The minimum absolute atomic E-state index is 0.0717. The molecule has 1 saturated heterocycles. The van der Waals surface area contributed by atoms with Crippen molar-refractivity contribution in [3.05, 3.63) is 47.5 Å². The smallest absolute Gasteiger partial charge is 0.286 e. The minimum Gasteiger partial charge on any atom is -0.497 e. The second-order valence-corrected chi connectivity index (χ2v) is 9.50. The van der Waals surface area contributed by atoms with Crippen LogP contribution in [0.25, 0.3) is 0 Å². The number of fused-ring (bicyclic) bond motifs is 3. The number of nitrogens with zero attached hydrogens (tertiary/aromatic N) is 2. The Hall–Kier alpha value is -3.07. The monoisotopic (exact) mass is 457 g/mol. The van der Waals surface area contributed by atoms with E-state index in [1.807, 2.05) is 11.8 Å². The molecule has 0 unspecified atom stereocenters. The number of carbonyl (C=O) groups is 1. The number of hydrogen-bond donors (Lipinski definition) is 1. The Labute approximate surface area is 188 Å². The molecule has 4 rings (SSSR count). The van der Waals surface area contributed by atoms with Gasteiger partial charge in [-0.1, -0.05) is 6.42 Å². The average Bonchev–Trinajstić information content (AvgIpc) is 3.03. The number of methoxy groups -OCH3 is 2. The number of benzene rings is 2. The predicted molar refractivity (Wildman–Crippen MR) is 122 cm³/mol. The van der Waals surface area contributed by atoms with Crippen molar-refractivity contribution < 1.29 is 22.7 Å². The second-order valence-electron chi connectivity index (χ2n) is 7.93. The first-order chi connectivity index (χ1) is 15.3. The van der Waals surface area contributed by atoms with Gasteiger partial charge in [-0.15, -0.1) is 4.40 Å². The number of nitrogens with one attached hydrogen (secondary N) is 1. The molecule has 170 valence electrons. The molecule has 1 fully saturated rings. The maximum atomic E-state index is 13.0. The number of sulfonamides is 1. The van der Waals surface area contributed by atoms with Crippen molar-refractivity contribution in [3.63, 3.8) is 0 Å². The first kappa shape index (κ1) is 22.1. The van der Waals surface area contributed by atoms with Gasteiger partial charge in [-0.3, -0.25) is 4.79 Å². The van der Waals surface area contributed by atoms with Gasteiger partial charge in [0.1, 0.15) is 22.2 Å². The fraction of sp³-hybridized carbons (Fsp3) is 0.391. The Balaban J connectivity index is 1.62. The predicted octanol–water partition coefficient (Wildman–Crippen LogP) is 3.68. The lowest BCUT2D eigenvalue weighted by molar-refractivity contribution is 0.0939. The molecule has 0 saturated carbocycles. The number of amides is 1. The zero-order chi connectivity index (χ0) is 22.9. The third-order valence-corrected chi connectivity index (χ3v) is 7.19. The topological polar surface area (TPSA) is 97.3 Å². The molecule has 1 amide bonds.